The lowest BCUT2D eigenvalue weighted by molar-refractivity contribution is -0.136. The number of hydrogen-bond acceptors (Lipinski definition) is 5. The van der Waals surface area contributed by atoms with Gasteiger partial charge in [-0.2, -0.15) is 0 Å². The number of carbonyl (C=O) groups is 3. The molecule has 0 spiro atoms. The molecule has 2 aliphatic heterocycles. The second kappa shape index (κ2) is 7.50. The van der Waals surface area contributed by atoms with Crippen molar-refractivity contribution in [2.24, 2.45) is 0 Å². The van der Waals surface area contributed by atoms with Gasteiger partial charge in [0.1, 0.15) is 11.7 Å². The van der Waals surface area contributed by atoms with Crippen molar-refractivity contribution in [1.82, 2.24) is 15.2 Å². The lowest BCUT2D eigenvalue weighted by Crippen LogP contribution is -2.52. The average molecular weight is 415 g/mol. The van der Waals surface area contributed by atoms with Gasteiger partial charge in [-0.15, -0.1) is 0 Å². The van der Waals surface area contributed by atoms with Gasteiger partial charge in [0.05, 0.1) is 6.61 Å². The highest BCUT2D eigenvalue weighted by atomic mass is 16.5. The Kier molecular flexibility index (Phi) is 4.66. The first kappa shape index (κ1) is 19.2. The van der Waals surface area contributed by atoms with E-state index in [1.807, 2.05) is 49.5 Å². The van der Waals surface area contributed by atoms with E-state index in [1.165, 1.54) is 0 Å². The standard InChI is InChI=1S/C24H21N3O4/c1-2-31-22-17-6-4-3-5-15(17)12-25-21(22)14-7-8-18-16(11-14)13-27(24(18)30)19-9-10-20(28)26-23(19)29/h3-8,11-12,19H,2,9-10,13H2,1H3,(H,26,28,29). The molecular formula is C24H21N3O4. The summed E-state index contributed by atoms with van der Waals surface area (Å²) in [6.45, 7) is 2.77. The van der Waals surface area contributed by atoms with Crippen molar-refractivity contribution in [3.8, 4) is 17.0 Å². The fourth-order valence-corrected chi connectivity index (χ4v) is 4.35. The zero-order chi connectivity index (χ0) is 21.5. The minimum Gasteiger partial charge on any atom is -0.491 e. The van der Waals surface area contributed by atoms with Crippen molar-refractivity contribution in [3.05, 3.63) is 59.8 Å². The van der Waals surface area contributed by atoms with Gasteiger partial charge in [-0.1, -0.05) is 30.3 Å². The van der Waals surface area contributed by atoms with Gasteiger partial charge in [-0.05, 0) is 31.0 Å². The van der Waals surface area contributed by atoms with Gasteiger partial charge in [0.25, 0.3) is 5.91 Å². The number of fused-ring (bicyclic) bond motifs is 2. The summed E-state index contributed by atoms with van der Waals surface area (Å²) in [6, 6.07) is 12.9. The Bertz CT molecular complexity index is 1240. The number of pyridine rings is 1. The van der Waals surface area contributed by atoms with Crippen LogP contribution in [0.3, 0.4) is 0 Å². The van der Waals surface area contributed by atoms with Crippen LogP contribution in [-0.4, -0.2) is 40.3 Å². The average Bonchev–Trinajstić information content (AvgIpc) is 3.10. The van der Waals surface area contributed by atoms with Gasteiger partial charge in [0, 0.05) is 41.1 Å². The Morgan fingerprint density at radius 1 is 1.16 bits per heavy atom. The molecule has 1 atom stereocenters. The smallest absolute Gasteiger partial charge is 0.255 e. The van der Waals surface area contributed by atoms with Crippen LogP contribution in [-0.2, 0) is 16.1 Å². The molecule has 1 unspecified atom stereocenters. The number of hydrogen-bond donors (Lipinski definition) is 1. The maximum Gasteiger partial charge on any atom is 0.255 e. The van der Waals surface area contributed by atoms with Crippen molar-refractivity contribution in [3.63, 3.8) is 0 Å². The van der Waals surface area contributed by atoms with Crippen LogP contribution in [0.15, 0.2) is 48.7 Å². The monoisotopic (exact) mass is 415 g/mol. The van der Waals surface area contributed by atoms with Crippen molar-refractivity contribution in [1.29, 1.82) is 0 Å². The molecule has 31 heavy (non-hydrogen) atoms. The number of piperidine rings is 1. The van der Waals surface area contributed by atoms with Crippen LogP contribution in [0.5, 0.6) is 5.75 Å². The molecule has 156 valence electrons. The van der Waals surface area contributed by atoms with E-state index >= 15 is 0 Å². The van der Waals surface area contributed by atoms with Gasteiger partial charge in [0.15, 0.2) is 5.75 Å². The zero-order valence-corrected chi connectivity index (χ0v) is 17.1. The quantitative estimate of drug-likeness (QED) is 0.662. The van der Waals surface area contributed by atoms with Crippen LogP contribution in [0, 0.1) is 0 Å². The van der Waals surface area contributed by atoms with Crippen molar-refractivity contribution in [2.75, 3.05) is 6.61 Å². The molecule has 3 heterocycles. The summed E-state index contributed by atoms with van der Waals surface area (Å²) in [4.78, 5) is 42.9. The molecule has 2 aromatic carbocycles. The third-order valence-electron chi connectivity index (χ3n) is 5.84. The van der Waals surface area contributed by atoms with E-state index in [0.717, 1.165) is 27.6 Å². The van der Waals surface area contributed by atoms with E-state index in [2.05, 4.69) is 10.3 Å². The van der Waals surface area contributed by atoms with Gasteiger partial charge in [-0.25, -0.2) is 0 Å². The van der Waals surface area contributed by atoms with Gasteiger partial charge in [-0.3, -0.25) is 24.7 Å². The van der Waals surface area contributed by atoms with Crippen molar-refractivity contribution in [2.45, 2.75) is 32.4 Å². The number of imide groups is 1. The fourth-order valence-electron chi connectivity index (χ4n) is 4.35. The second-order valence-corrected chi connectivity index (χ2v) is 7.73. The first-order valence-corrected chi connectivity index (χ1v) is 10.4. The molecule has 3 amide bonds. The Labute approximate surface area is 179 Å². The minimum absolute atomic E-state index is 0.187. The molecule has 0 bridgehead atoms. The first-order chi connectivity index (χ1) is 15.1. The highest BCUT2D eigenvalue weighted by Crippen LogP contribution is 2.37. The third kappa shape index (κ3) is 3.22. The number of aromatic nitrogens is 1. The Balaban J connectivity index is 1.52. The Hall–Kier alpha value is -3.74. The molecule has 0 radical (unpaired) electrons. The van der Waals surface area contributed by atoms with E-state index in [9.17, 15) is 14.4 Å². The van der Waals surface area contributed by atoms with Gasteiger partial charge >= 0.3 is 0 Å². The van der Waals surface area contributed by atoms with Crippen molar-refractivity contribution < 1.29 is 19.1 Å². The Morgan fingerprint density at radius 2 is 2.00 bits per heavy atom. The van der Waals surface area contributed by atoms with E-state index in [-0.39, 0.29) is 18.2 Å². The highest BCUT2D eigenvalue weighted by molar-refractivity contribution is 6.05. The van der Waals surface area contributed by atoms with Crippen LogP contribution >= 0.6 is 0 Å². The number of ether oxygens (including phenoxy) is 1. The summed E-state index contributed by atoms with van der Waals surface area (Å²) in [7, 11) is 0. The molecular weight excluding hydrogens is 394 g/mol. The predicted octanol–water partition coefficient (Wildman–Crippen LogP) is 3.06. The molecule has 0 aliphatic carbocycles. The van der Waals surface area contributed by atoms with E-state index in [4.69, 9.17) is 4.74 Å². The van der Waals surface area contributed by atoms with E-state index in [1.54, 1.807) is 11.0 Å². The van der Waals surface area contributed by atoms with E-state index < -0.39 is 11.9 Å². The Morgan fingerprint density at radius 3 is 2.81 bits per heavy atom. The first-order valence-electron chi connectivity index (χ1n) is 10.4. The van der Waals surface area contributed by atoms with Crippen LogP contribution < -0.4 is 10.1 Å². The largest absolute Gasteiger partial charge is 0.491 e. The molecule has 2 aliphatic rings. The molecule has 0 saturated carbocycles. The maximum atomic E-state index is 12.9. The van der Waals surface area contributed by atoms with Crippen molar-refractivity contribution >= 4 is 28.5 Å². The van der Waals surface area contributed by atoms with Crippen LogP contribution in [0.2, 0.25) is 0 Å². The minimum atomic E-state index is -0.626. The molecule has 5 rings (SSSR count). The summed E-state index contributed by atoms with van der Waals surface area (Å²) in [5.41, 5.74) is 2.98. The normalized spacial score (nSPS) is 18.3. The number of amides is 3. The number of nitrogens with zero attached hydrogens (tertiary/aromatic N) is 2. The summed E-state index contributed by atoms with van der Waals surface area (Å²) in [5.74, 6) is -0.176. The predicted molar refractivity (Wildman–Crippen MR) is 114 cm³/mol. The molecule has 1 N–H and O–H groups in total. The summed E-state index contributed by atoms with van der Waals surface area (Å²) < 4.78 is 5.96. The number of carbonyl (C=O) groups excluding carboxylic acids is 3. The summed E-state index contributed by atoms with van der Waals surface area (Å²) in [5, 5.41) is 4.31. The topological polar surface area (TPSA) is 88.6 Å². The van der Waals surface area contributed by atoms with Gasteiger partial charge in [0.2, 0.25) is 11.8 Å². The molecule has 7 nitrogen and oxygen atoms in total. The molecule has 1 saturated heterocycles. The second-order valence-electron chi connectivity index (χ2n) is 7.73. The molecule has 1 aromatic heterocycles. The maximum absolute atomic E-state index is 12.9. The summed E-state index contributed by atoms with van der Waals surface area (Å²) >= 11 is 0. The SMILES string of the molecule is CCOc1c(-c2ccc3c(c2)CN(C2CCC(=O)NC2=O)C3=O)ncc2ccccc12. The molecule has 7 heteroatoms. The highest BCUT2D eigenvalue weighted by Gasteiger charge is 2.39. The third-order valence-corrected chi connectivity index (χ3v) is 5.84. The number of rotatable bonds is 4. The van der Waals surface area contributed by atoms with Crippen LogP contribution in [0.25, 0.3) is 22.0 Å². The van der Waals surface area contributed by atoms with Crippen LogP contribution in [0.1, 0.15) is 35.7 Å². The van der Waals surface area contributed by atoms with Crippen LogP contribution in [0.4, 0.5) is 0 Å². The molecule has 1 fully saturated rings. The summed E-state index contributed by atoms with van der Waals surface area (Å²) in [6.07, 6.45) is 2.40. The fraction of sp³-hybridized carbons (Fsp3) is 0.250. The molecule has 3 aromatic rings. The van der Waals surface area contributed by atoms with E-state index in [0.29, 0.717) is 30.9 Å². The van der Waals surface area contributed by atoms with Gasteiger partial charge < -0.3 is 9.64 Å². The number of nitrogens with one attached hydrogen (secondary N) is 1. The lowest BCUT2D eigenvalue weighted by atomic mass is 10.0. The number of benzene rings is 2. The lowest BCUT2D eigenvalue weighted by Gasteiger charge is -2.29. The zero-order valence-electron chi connectivity index (χ0n) is 17.1.